The first-order valence-electron chi connectivity index (χ1n) is 5.62. The van der Waals surface area contributed by atoms with Gasteiger partial charge in [-0.25, -0.2) is 0 Å². The van der Waals surface area contributed by atoms with Crippen LogP contribution in [-0.4, -0.2) is 19.3 Å². The largest absolute Gasteiger partial charge is 0.380 e. The maximum absolute atomic E-state index is 5.59. The molecular weight excluding hydrogens is 162 g/mol. The molecule has 1 fully saturated rings. The summed E-state index contributed by atoms with van der Waals surface area (Å²) in [6.07, 6.45) is 8.38. The lowest BCUT2D eigenvalue weighted by molar-refractivity contribution is 0.106. The van der Waals surface area contributed by atoms with Crippen LogP contribution in [0.1, 0.15) is 45.4 Å². The first-order valence-corrected chi connectivity index (χ1v) is 5.62. The summed E-state index contributed by atoms with van der Waals surface area (Å²) < 4.78 is 5.47. The van der Waals surface area contributed by atoms with Gasteiger partial charge >= 0.3 is 0 Å². The number of rotatable bonds is 5. The molecule has 0 heterocycles. The molecule has 78 valence electrons. The van der Waals surface area contributed by atoms with E-state index in [1.807, 2.05) is 6.92 Å². The van der Waals surface area contributed by atoms with Gasteiger partial charge in [0.2, 0.25) is 0 Å². The highest BCUT2D eigenvalue weighted by molar-refractivity contribution is 4.65. The molecule has 0 radical (unpaired) electrons. The fourth-order valence-electron chi connectivity index (χ4n) is 2.00. The zero-order chi connectivity index (χ0) is 9.52. The highest BCUT2D eigenvalue weighted by atomic mass is 16.5. The Bertz CT molecular complexity index is 119. The van der Waals surface area contributed by atoms with Gasteiger partial charge in [-0.3, -0.25) is 0 Å². The Morgan fingerprint density at radius 2 is 2.00 bits per heavy atom. The molecule has 2 N–H and O–H groups in total. The lowest BCUT2D eigenvalue weighted by Gasteiger charge is -2.21. The molecule has 0 aromatic rings. The molecule has 13 heavy (non-hydrogen) atoms. The van der Waals surface area contributed by atoms with Crippen molar-refractivity contribution < 1.29 is 4.74 Å². The van der Waals surface area contributed by atoms with Gasteiger partial charge in [-0.2, -0.15) is 0 Å². The van der Waals surface area contributed by atoms with Crippen molar-refractivity contribution in [1.82, 2.24) is 0 Å². The standard InChI is InChI=1S/C11H23NO/c1-10(12)9-13-8-7-11-5-3-2-4-6-11/h10-11H,2-9,12H2,1H3. The van der Waals surface area contributed by atoms with Gasteiger partial charge in [0.05, 0.1) is 6.61 Å². The van der Waals surface area contributed by atoms with Crippen molar-refractivity contribution in [3.63, 3.8) is 0 Å². The molecule has 0 amide bonds. The van der Waals surface area contributed by atoms with E-state index in [-0.39, 0.29) is 6.04 Å². The van der Waals surface area contributed by atoms with Crippen LogP contribution in [0.3, 0.4) is 0 Å². The minimum Gasteiger partial charge on any atom is -0.380 e. The molecule has 0 bridgehead atoms. The zero-order valence-electron chi connectivity index (χ0n) is 8.80. The molecule has 1 atom stereocenters. The molecule has 1 saturated carbocycles. The van der Waals surface area contributed by atoms with E-state index in [1.54, 1.807) is 0 Å². The molecule has 2 heteroatoms. The van der Waals surface area contributed by atoms with Gasteiger partial charge in [-0.15, -0.1) is 0 Å². The molecule has 0 spiro atoms. The first kappa shape index (κ1) is 11.0. The molecule has 1 rings (SSSR count). The van der Waals surface area contributed by atoms with Crippen LogP contribution >= 0.6 is 0 Å². The number of hydrogen-bond donors (Lipinski definition) is 1. The molecule has 0 aromatic heterocycles. The average Bonchev–Trinajstić information content (AvgIpc) is 2.14. The summed E-state index contributed by atoms with van der Waals surface area (Å²) in [5.41, 5.74) is 5.59. The maximum atomic E-state index is 5.59. The van der Waals surface area contributed by atoms with Crippen LogP contribution in [0.15, 0.2) is 0 Å². The quantitative estimate of drug-likeness (QED) is 0.667. The fraction of sp³-hybridized carbons (Fsp3) is 1.00. The van der Waals surface area contributed by atoms with Crippen LogP contribution in [0.2, 0.25) is 0 Å². The Balaban J connectivity index is 1.92. The van der Waals surface area contributed by atoms with Gasteiger partial charge in [0.15, 0.2) is 0 Å². The molecule has 2 nitrogen and oxygen atoms in total. The molecule has 0 aliphatic heterocycles. The molecule has 1 unspecified atom stereocenters. The third-order valence-electron chi connectivity index (χ3n) is 2.78. The first-order chi connectivity index (χ1) is 6.29. The molecule has 1 aliphatic rings. The molecule has 0 aromatic carbocycles. The highest BCUT2D eigenvalue weighted by Crippen LogP contribution is 2.25. The van der Waals surface area contributed by atoms with E-state index in [1.165, 1.54) is 38.5 Å². The second-order valence-corrected chi connectivity index (χ2v) is 4.34. The predicted molar refractivity (Wildman–Crippen MR) is 55.7 cm³/mol. The SMILES string of the molecule is CC(N)COCCC1CCCCC1. The summed E-state index contributed by atoms with van der Waals surface area (Å²) in [5.74, 6) is 0.932. The van der Waals surface area contributed by atoms with Crippen molar-refractivity contribution in [2.24, 2.45) is 11.7 Å². The van der Waals surface area contributed by atoms with Gasteiger partial charge in [0.25, 0.3) is 0 Å². The Kier molecular flexibility index (Phi) is 5.40. The summed E-state index contributed by atoms with van der Waals surface area (Å²) in [6.45, 7) is 3.61. The lowest BCUT2D eigenvalue weighted by Crippen LogP contribution is -2.22. The Morgan fingerprint density at radius 1 is 1.31 bits per heavy atom. The van der Waals surface area contributed by atoms with E-state index in [0.717, 1.165) is 12.5 Å². The van der Waals surface area contributed by atoms with Crippen molar-refractivity contribution >= 4 is 0 Å². The smallest absolute Gasteiger partial charge is 0.0614 e. The van der Waals surface area contributed by atoms with Crippen LogP contribution in [0, 0.1) is 5.92 Å². The van der Waals surface area contributed by atoms with Gasteiger partial charge in [-0.05, 0) is 19.3 Å². The van der Waals surface area contributed by atoms with Crippen LogP contribution in [0.5, 0.6) is 0 Å². The molecule has 0 saturated heterocycles. The fourth-order valence-corrected chi connectivity index (χ4v) is 2.00. The predicted octanol–water partition coefficient (Wildman–Crippen LogP) is 2.32. The van der Waals surface area contributed by atoms with Crippen LogP contribution in [-0.2, 0) is 4.74 Å². The second kappa shape index (κ2) is 6.39. The minimum absolute atomic E-state index is 0.186. The van der Waals surface area contributed by atoms with E-state index in [0.29, 0.717) is 6.61 Å². The topological polar surface area (TPSA) is 35.2 Å². The van der Waals surface area contributed by atoms with Crippen molar-refractivity contribution in [2.75, 3.05) is 13.2 Å². The monoisotopic (exact) mass is 185 g/mol. The van der Waals surface area contributed by atoms with E-state index in [2.05, 4.69) is 0 Å². The summed E-state index contributed by atoms with van der Waals surface area (Å²) in [4.78, 5) is 0. The third kappa shape index (κ3) is 5.27. The van der Waals surface area contributed by atoms with Crippen LogP contribution < -0.4 is 5.73 Å². The van der Waals surface area contributed by atoms with E-state index in [4.69, 9.17) is 10.5 Å². The lowest BCUT2D eigenvalue weighted by atomic mass is 9.87. The molecular formula is C11H23NO. The highest BCUT2D eigenvalue weighted by Gasteiger charge is 2.12. The summed E-state index contributed by atoms with van der Waals surface area (Å²) in [7, 11) is 0. The second-order valence-electron chi connectivity index (χ2n) is 4.34. The van der Waals surface area contributed by atoms with Gasteiger partial charge in [0.1, 0.15) is 0 Å². The zero-order valence-corrected chi connectivity index (χ0v) is 8.80. The normalized spacial score (nSPS) is 21.7. The van der Waals surface area contributed by atoms with Crippen LogP contribution in [0.4, 0.5) is 0 Å². The van der Waals surface area contributed by atoms with Crippen LogP contribution in [0.25, 0.3) is 0 Å². The summed E-state index contributed by atoms with van der Waals surface area (Å²) >= 11 is 0. The minimum atomic E-state index is 0.186. The van der Waals surface area contributed by atoms with Gasteiger partial charge in [-0.1, -0.05) is 32.1 Å². The molecule has 1 aliphatic carbocycles. The van der Waals surface area contributed by atoms with Crippen molar-refractivity contribution in [2.45, 2.75) is 51.5 Å². The van der Waals surface area contributed by atoms with Gasteiger partial charge < -0.3 is 10.5 Å². The number of nitrogens with two attached hydrogens (primary N) is 1. The Labute approximate surface area is 81.8 Å². The van der Waals surface area contributed by atoms with Gasteiger partial charge in [0, 0.05) is 12.6 Å². The maximum Gasteiger partial charge on any atom is 0.0614 e. The average molecular weight is 185 g/mol. The summed E-state index contributed by atoms with van der Waals surface area (Å²) in [5, 5.41) is 0. The Morgan fingerprint density at radius 3 is 2.62 bits per heavy atom. The van der Waals surface area contributed by atoms with Crippen molar-refractivity contribution in [3.05, 3.63) is 0 Å². The van der Waals surface area contributed by atoms with Crippen molar-refractivity contribution in [3.8, 4) is 0 Å². The number of ether oxygens (including phenoxy) is 1. The van der Waals surface area contributed by atoms with E-state index < -0.39 is 0 Å². The Hall–Kier alpha value is -0.0800. The van der Waals surface area contributed by atoms with E-state index >= 15 is 0 Å². The third-order valence-corrected chi connectivity index (χ3v) is 2.78. The van der Waals surface area contributed by atoms with Crippen molar-refractivity contribution in [1.29, 1.82) is 0 Å². The van der Waals surface area contributed by atoms with E-state index in [9.17, 15) is 0 Å². The summed E-state index contributed by atoms with van der Waals surface area (Å²) in [6, 6.07) is 0.186. The number of hydrogen-bond acceptors (Lipinski definition) is 2.